The van der Waals surface area contributed by atoms with Crippen LogP contribution >= 0.6 is 0 Å². The first kappa shape index (κ1) is 23.6. The Morgan fingerprint density at radius 1 is 0.882 bits per heavy atom. The molecule has 5 rings (SSSR count). The number of fused-ring (bicyclic) bond motifs is 1. The van der Waals surface area contributed by atoms with Crippen LogP contribution in [0, 0.1) is 0 Å². The van der Waals surface area contributed by atoms with Gasteiger partial charge in [-0.25, -0.2) is 0 Å². The van der Waals surface area contributed by atoms with E-state index in [1.54, 1.807) is 12.1 Å². The van der Waals surface area contributed by atoms with E-state index in [1.165, 1.54) is 28.8 Å². The van der Waals surface area contributed by atoms with Crippen molar-refractivity contribution in [3.8, 4) is 5.75 Å². The molecule has 4 nitrogen and oxygen atoms in total. The SMILES string of the molecule is C.O=C(/C=C/c1ccc(C2c3ccc(O)cc3CCN2c2ccccc2)cc1)N1CCCCC1. The van der Waals surface area contributed by atoms with E-state index in [1.807, 2.05) is 23.1 Å². The first-order chi connectivity index (χ1) is 16.2. The van der Waals surface area contributed by atoms with Crippen LogP contribution in [0.4, 0.5) is 5.69 Å². The summed E-state index contributed by atoms with van der Waals surface area (Å²) in [4.78, 5) is 16.8. The third-order valence-electron chi connectivity index (χ3n) is 6.78. The Kier molecular flexibility index (Phi) is 7.36. The zero-order valence-electron chi connectivity index (χ0n) is 18.9. The second kappa shape index (κ2) is 10.6. The van der Waals surface area contributed by atoms with Crippen LogP contribution in [-0.2, 0) is 11.2 Å². The largest absolute Gasteiger partial charge is 0.508 e. The Hall–Kier alpha value is -3.53. The molecule has 0 radical (unpaired) electrons. The zero-order chi connectivity index (χ0) is 22.6. The molecule has 0 saturated carbocycles. The number of benzene rings is 3. The van der Waals surface area contributed by atoms with Gasteiger partial charge in [-0.15, -0.1) is 0 Å². The fourth-order valence-electron chi connectivity index (χ4n) is 5.05. The highest BCUT2D eigenvalue weighted by Crippen LogP contribution is 2.39. The van der Waals surface area contributed by atoms with Gasteiger partial charge < -0.3 is 14.9 Å². The maximum Gasteiger partial charge on any atom is 0.246 e. The zero-order valence-corrected chi connectivity index (χ0v) is 18.9. The van der Waals surface area contributed by atoms with Crippen LogP contribution in [0.2, 0.25) is 0 Å². The molecule has 4 heteroatoms. The Bertz CT molecular complexity index is 1130. The molecule has 1 unspecified atom stereocenters. The van der Waals surface area contributed by atoms with Crippen molar-refractivity contribution in [3.05, 3.63) is 101 Å². The molecule has 0 aliphatic carbocycles. The summed E-state index contributed by atoms with van der Waals surface area (Å²) in [6, 6.07) is 24.8. The number of aromatic hydroxyl groups is 1. The van der Waals surface area contributed by atoms with Gasteiger partial charge in [0.15, 0.2) is 0 Å². The molecule has 1 N–H and O–H groups in total. The number of hydrogen-bond donors (Lipinski definition) is 1. The number of nitrogens with zero attached hydrogens (tertiary/aromatic N) is 2. The van der Waals surface area contributed by atoms with Gasteiger partial charge in [-0.2, -0.15) is 0 Å². The van der Waals surface area contributed by atoms with Crippen LogP contribution in [0.25, 0.3) is 6.08 Å². The van der Waals surface area contributed by atoms with Gasteiger partial charge in [0.25, 0.3) is 0 Å². The van der Waals surface area contributed by atoms with Gasteiger partial charge in [0.2, 0.25) is 5.91 Å². The molecule has 34 heavy (non-hydrogen) atoms. The number of phenolic OH excluding ortho intramolecular Hbond substituents is 1. The average Bonchev–Trinajstić information content (AvgIpc) is 2.88. The maximum absolute atomic E-state index is 12.5. The number of rotatable bonds is 4. The molecule has 2 heterocycles. The molecule has 1 amide bonds. The standard InChI is InChI=1S/C29H30N2O2.CH4/c32-26-14-15-27-24(21-26)17-20-31(25-7-3-1-4-8-25)29(27)23-12-9-22(10-13-23)11-16-28(33)30-18-5-2-6-19-30;/h1,3-4,7-16,21,29,32H,2,5-6,17-20H2;1H4/b16-11+;. The van der Waals surface area contributed by atoms with Gasteiger partial charge in [0.05, 0.1) is 6.04 Å². The lowest BCUT2D eigenvalue weighted by atomic mass is 9.87. The summed E-state index contributed by atoms with van der Waals surface area (Å²) >= 11 is 0. The van der Waals surface area contributed by atoms with E-state index in [9.17, 15) is 9.90 Å². The Morgan fingerprint density at radius 2 is 1.62 bits per heavy atom. The van der Waals surface area contributed by atoms with Crippen LogP contribution in [-0.4, -0.2) is 35.5 Å². The van der Waals surface area contributed by atoms with Crippen LogP contribution in [0.5, 0.6) is 5.75 Å². The molecule has 3 aromatic rings. The third kappa shape index (κ3) is 5.01. The molecule has 2 aliphatic heterocycles. The second-order valence-electron chi connectivity index (χ2n) is 8.95. The van der Waals surface area contributed by atoms with Crippen molar-refractivity contribution in [2.75, 3.05) is 24.5 Å². The van der Waals surface area contributed by atoms with E-state index >= 15 is 0 Å². The second-order valence-corrected chi connectivity index (χ2v) is 8.95. The lowest BCUT2D eigenvalue weighted by molar-refractivity contribution is -0.126. The quantitative estimate of drug-likeness (QED) is 0.477. The number of anilines is 1. The third-order valence-corrected chi connectivity index (χ3v) is 6.78. The minimum atomic E-state index is 0. The van der Waals surface area contributed by atoms with Gasteiger partial charge >= 0.3 is 0 Å². The molecule has 1 atom stereocenters. The summed E-state index contributed by atoms with van der Waals surface area (Å²) in [5, 5.41) is 10.0. The summed E-state index contributed by atoms with van der Waals surface area (Å²) < 4.78 is 0. The highest BCUT2D eigenvalue weighted by molar-refractivity contribution is 5.91. The van der Waals surface area contributed by atoms with Gasteiger partial charge in [-0.1, -0.05) is 56.0 Å². The first-order valence-corrected chi connectivity index (χ1v) is 11.9. The maximum atomic E-state index is 12.5. The minimum Gasteiger partial charge on any atom is -0.508 e. The van der Waals surface area contributed by atoms with Crippen molar-refractivity contribution in [1.29, 1.82) is 0 Å². The topological polar surface area (TPSA) is 43.8 Å². The Morgan fingerprint density at radius 3 is 2.35 bits per heavy atom. The number of phenols is 1. The summed E-state index contributed by atoms with van der Waals surface area (Å²) in [6.07, 6.45) is 7.95. The number of carbonyl (C=O) groups excluding carboxylic acids is 1. The van der Waals surface area contributed by atoms with Crippen molar-refractivity contribution in [2.24, 2.45) is 0 Å². The Balaban J connectivity index is 0.00000274. The van der Waals surface area contributed by atoms with Crippen molar-refractivity contribution >= 4 is 17.7 Å². The molecule has 3 aromatic carbocycles. The van der Waals surface area contributed by atoms with E-state index in [4.69, 9.17) is 0 Å². The van der Waals surface area contributed by atoms with Gasteiger partial charge in [0, 0.05) is 31.4 Å². The molecule has 1 fully saturated rings. The van der Waals surface area contributed by atoms with E-state index in [2.05, 4.69) is 59.5 Å². The molecule has 0 bridgehead atoms. The fraction of sp³-hybridized carbons (Fsp3) is 0.300. The monoisotopic (exact) mass is 454 g/mol. The van der Waals surface area contributed by atoms with Gasteiger partial charge in [0.1, 0.15) is 5.75 Å². The minimum absolute atomic E-state index is 0. The van der Waals surface area contributed by atoms with Gasteiger partial charge in [-0.05, 0) is 78.3 Å². The number of likely N-dealkylation sites (tertiary alicyclic amines) is 1. The number of hydrogen-bond acceptors (Lipinski definition) is 3. The molecular formula is C30H34N2O2. The lowest BCUT2D eigenvalue weighted by Crippen LogP contribution is -2.36. The van der Waals surface area contributed by atoms with Crippen molar-refractivity contribution in [3.63, 3.8) is 0 Å². The molecule has 2 aliphatic rings. The van der Waals surface area contributed by atoms with Crippen LogP contribution < -0.4 is 4.90 Å². The summed E-state index contributed by atoms with van der Waals surface area (Å²) in [5.41, 5.74) is 5.84. The normalized spacial score (nSPS) is 17.8. The number of para-hydroxylation sites is 1. The van der Waals surface area contributed by atoms with E-state index < -0.39 is 0 Å². The number of amides is 1. The fourth-order valence-corrected chi connectivity index (χ4v) is 5.05. The predicted octanol–water partition coefficient (Wildman–Crippen LogP) is 6.21. The lowest BCUT2D eigenvalue weighted by Gasteiger charge is -2.39. The van der Waals surface area contributed by atoms with Crippen molar-refractivity contribution in [1.82, 2.24) is 4.90 Å². The molecular weight excluding hydrogens is 420 g/mol. The van der Waals surface area contributed by atoms with Crippen LogP contribution in [0.1, 0.15) is 55.0 Å². The van der Waals surface area contributed by atoms with E-state index in [-0.39, 0.29) is 19.4 Å². The summed E-state index contributed by atoms with van der Waals surface area (Å²) in [7, 11) is 0. The summed E-state index contributed by atoms with van der Waals surface area (Å²) in [6.45, 7) is 2.62. The molecule has 0 aromatic heterocycles. The smallest absolute Gasteiger partial charge is 0.246 e. The van der Waals surface area contributed by atoms with Crippen molar-refractivity contribution in [2.45, 2.75) is 39.2 Å². The van der Waals surface area contributed by atoms with Crippen LogP contribution in [0.3, 0.4) is 0 Å². The highest BCUT2D eigenvalue weighted by atomic mass is 16.3. The van der Waals surface area contributed by atoms with E-state index in [0.29, 0.717) is 5.75 Å². The number of piperidine rings is 1. The highest BCUT2D eigenvalue weighted by Gasteiger charge is 2.29. The summed E-state index contributed by atoms with van der Waals surface area (Å²) in [5.74, 6) is 0.426. The average molecular weight is 455 g/mol. The van der Waals surface area contributed by atoms with E-state index in [0.717, 1.165) is 44.5 Å². The number of carbonyl (C=O) groups is 1. The first-order valence-electron chi connectivity index (χ1n) is 11.9. The van der Waals surface area contributed by atoms with Crippen LogP contribution in [0.15, 0.2) is 78.9 Å². The molecule has 1 saturated heterocycles. The molecule has 176 valence electrons. The van der Waals surface area contributed by atoms with Gasteiger partial charge in [-0.3, -0.25) is 4.79 Å². The van der Waals surface area contributed by atoms with Crippen molar-refractivity contribution < 1.29 is 9.90 Å². The predicted molar refractivity (Wildman–Crippen MR) is 140 cm³/mol. The Labute approximate surface area is 203 Å². The molecule has 0 spiro atoms.